The summed E-state index contributed by atoms with van der Waals surface area (Å²) >= 11 is 0. The van der Waals surface area contributed by atoms with Gasteiger partial charge in [0, 0.05) is 0 Å². The van der Waals surface area contributed by atoms with Gasteiger partial charge in [0.25, 0.3) is 0 Å². The minimum absolute atomic E-state index is 0.0486. The van der Waals surface area contributed by atoms with Crippen LogP contribution in [0, 0.1) is 11.3 Å². The van der Waals surface area contributed by atoms with Crippen molar-refractivity contribution in [1.82, 2.24) is 5.32 Å². The van der Waals surface area contributed by atoms with Gasteiger partial charge in [-0.05, 0) is 24.3 Å². The zero-order valence-corrected chi connectivity index (χ0v) is 9.92. The van der Waals surface area contributed by atoms with Gasteiger partial charge in [0.05, 0.1) is 0 Å². The van der Waals surface area contributed by atoms with Gasteiger partial charge >= 0.3 is 5.97 Å². The lowest BCUT2D eigenvalue weighted by atomic mass is 9.88. The van der Waals surface area contributed by atoms with Gasteiger partial charge in [-0.25, -0.2) is 0 Å². The topological polar surface area (TPSA) is 49.3 Å². The molecule has 14 heavy (non-hydrogen) atoms. The van der Waals surface area contributed by atoms with E-state index in [0.717, 1.165) is 6.54 Å². The summed E-state index contributed by atoms with van der Waals surface area (Å²) < 4.78 is 0. The molecule has 0 rings (SSSR count). The van der Waals surface area contributed by atoms with Crippen molar-refractivity contribution in [2.75, 3.05) is 6.54 Å². The Bertz CT molecular complexity index is 182. The Morgan fingerprint density at radius 2 is 1.86 bits per heavy atom. The van der Waals surface area contributed by atoms with Crippen LogP contribution in [-0.4, -0.2) is 23.7 Å². The first-order chi connectivity index (χ1) is 6.22. The molecule has 0 heterocycles. The Labute approximate surface area is 86.9 Å². The minimum atomic E-state index is -0.749. The first-order valence-corrected chi connectivity index (χ1v) is 5.18. The Kier molecular flexibility index (Phi) is 5.13. The smallest absolute Gasteiger partial charge is 0.320 e. The normalized spacial score (nSPS) is 14.4. The quantitative estimate of drug-likeness (QED) is 0.716. The fourth-order valence-corrected chi connectivity index (χ4v) is 1.24. The van der Waals surface area contributed by atoms with E-state index in [4.69, 9.17) is 5.11 Å². The van der Waals surface area contributed by atoms with E-state index in [1.807, 2.05) is 0 Å². The fraction of sp³-hybridized carbons (Fsp3) is 0.909. The lowest BCUT2D eigenvalue weighted by Crippen LogP contribution is -2.41. The highest BCUT2D eigenvalue weighted by Crippen LogP contribution is 2.20. The molecule has 84 valence electrons. The number of carbonyl (C=O) groups is 1. The van der Waals surface area contributed by atoms with E-state index < -0.39 is 12.0 Å². The fourth-order valence-electron chi connectivity index (χ4n) is 1.24. The van der Waals surface area contributed by atoms with Crippen LogP contribution in [0.4, 0.5) is 0 Å². The van der Waals surface area contributed by atoms with E-state index in [-0.39, 0.29) is 5.41 Å². The zero-order chi connectivity index (χ0) is 11.4. The Morgan fingerprint density at radius 3 is 2.14 bits per heavy atom. The largest absolute Gasteiger partial charge is 0.480 e. The van der Waals surface area contributed by atoms with E-state index in [0.29, 0.717) is 12.3 Å². The number of aliphatic carboxylic acids is 1. The number of carboxylic acids is 1. The molecule has 0 radical (unpaired) electrons. The average Bonchev–Trinajstić information content (AvgIpc) is 1.94. The van der Waals surface area contributed by atoms with Crippen LogP contribution < -0.4 is 5.32 Å². The van der Waals surface area contributed by atoms with Crippen LogP contribution in [0.1, 0.15) is 41.0 Å². The summed E-state index contributed by atoms with van der Waals surface area (Å²) in [6, 6.07) is -0.419. The molecule has 3 heteroatoms. The third-order valence-corrected chi connectivity index (χ3v) is 1.89. The second kappa shape index (κ2) is 5.35. The van der Waals surface area contributed by atoms with Crippen molar-refractivity contribution >= 4 is 5.97 Å². The third-order valence-electron chi connectivity index (χ3n) is 1.89. The highest BCUT2D eigenvalue weighted by Gasteiger charge is 2.23. The van der Waals surface area contributed by atoms with E-state index in [9.17, 15) is 4.79 Å². The second-order valence-corrected chi connectivity index (χ2v) is 5.46. The van der Waals surface area contributed by atoms with E-state index in [1.165, 1.54) is 0 Å². The van der Waals surface area contributed by atoms with Gasteiger partial charge in [0.15, 0.2) is 0 Å². The van der Waals surface area contributed by atoms with Gasteiger partial charge < -0.3 is 10.4 Å². The summed E-state index contributed by atoms with van der Waals surface area (Å²) in [6.45, 7) is 11.1. The molecule has 0 spiro atoms. The van der Waals surface area contributed by atoms with Crippen molar-refractivity contribution in [3.63, 3.8) is 0 Å². The molecule has 0 bridgehead atoms. The van der Waals surface area contributed by atoms with Gasteiger partial charge in [-0.2, -0.15) is 0 Å². The van der Waals surface area contributed by atoms with Crippen LogP contribution in [0.15, 0.2) is 0 Å². The Balaban J connectivity index is 4.10. The maximum absolute atomic E-state index is 10.9. The molecule has 0 fully saturated rings. The average molecular weight is 201 g/mol. The predicted octanol–water partition coefficient (Wildman–Crippen LogP) is 2.12. The van der Waals surface area contributed by atoms with Crippen molar-refractivity contribution in [3.8, 4) is 0 Å². The maximum Gasteiger partial charge on any atom is 0.320 e. The molecule has 0 amide bonds. The van der Waals surface area contributed by atoms with Crippen LogP contribution in [0.25, 0.3) is 0 Å². The molecule has 0 saturated heterocycles. The lowest BCUT2D eigenvalue weighted by Gasteiger charge is -2.24. The molecule has 0 aliphatic heterocycles. The maximum atomic E-state index is 10.9. The molecule has 0 aromatic rings. The van der Waals surface area contributed by atoms with Gasteiger partial charge in [-0.15, -0.1) is 0 Å². The highest BCUT2D eigenvalue weighted by atomic mass is 16.4. The van der Waals surface area contributed by atoms with Crippen LogP contribution >= 0.6 is 0 Å². The first-order valence-electron chi connectivity index (χ1n) is 5.18. The molecule has 0 saturated carbocycles. The van der Waals surface area contributed by atoms with Crippen molar-refractivity contribution in [2.45, 2.75) is 47.1 Å². The summed E-state index contributed by atoms with van der Waals surface area (Å²) in [6.07, 6.45) is 0.662. The summed E-state index contributed by atoms with van der Waals surface area (Å²) in [7, 11) is 0. The molecule has 0 aliphatic carbocycles. The van der Waals surface area contributed by atoms with Gasteiger partial charge in [-0.3, -0.25) is 4.79 Å². The first kappa shape index (κ1) is 13.4. The van der Waals surface area contributed by atoms with Crippen molar-refractivity contribution in [2.24, 2.45) is 11.3 Å². The van der Waals surface area contributed by atoms with Crippen molar-refractivity contribution in [1.29, 1.82) is 0 Å². The standard InChI is InChI=1S/C11H23NO2/c1-8(2)7-12-9(10(13)14)6-11(3,4)5/h8-9,12H,6-7H2,1-5H3,(H,13,14). The van der Waals surface area contributed by atoms with Gasteiger partial charge in [-0.1, -0.05) is 34.6 Å². The number of nitrogens with one attached hydrogen (secondary N) is 1. The van der Waals surface area contributed by atoms with Gasteiger partial charge in [0.2, 0.25) is 0 Å². The molecule has 1 unspecified atom stereocenters. The van der Waals surface area contributed by atoms with E-state index in [1.54, 1.807) is 0 Å². The molecular formula is C11H23NO2. The molecule has 3 nitrogen and oxygen atoms in total. The molecule has 0 aliphatic rings. The number of hydrogen-bond acceptors (Lipinski definition) is 2. The van der Waals surface area contributed by atoms with Crippen LogP contribution in [0.3, 0.4) is 0 Å². The number of hydrogen-bond donors (Lipinski definition) is 2. The predicted molar refractivity (Wildman–Crippen MR) is 58.3 cm³/mol. The van der Waals surface area contributed by atoms with Crippen molar-refractivity contribution in [3.05, 3.63) is 0 Å². The van der Waals surface area contributed by atoms with Gasteiger partial charge in [0.1, 0.15) is 6.04 Å². The molecule has 1 atom stereocenters. The molecular weight excluding hydrogens is 178 g/mol. The highest BCUT2D eigenvalue weighted by molar-refractivity contribution is 5.73. The molecule has 0 aromatic heterocycles. The molecule has 0 aromatic carbocycles. The van der Waals surface area contributed by atoms with Crippen LogP contribution in [0.5, 0.6) is 0 Å². The van der Waals surface area contributed by atoms with E-state index in [2.05, 4.69) is 39.9 Å². The third kappa shape index (κ3) is 6.89. The summed E-state index contributed by atoms with van der Waals surface area (Å²) in [5, 5.41) is 12.1. The SMILES string of the molecule is CC(C)CNC(CC(C)(C)C)C(=O)O. The molecule has 2 N–H and O–H groups in total. The number of rotatable bonds is 5. The van der Waals surface area contributed by atoms with Crippen molar-refractivity contribution < 1.29 is 9.90 Å². The Hall–Kier alpha value is -0.570. The van der Waals surface area contributed by atoms with Crippen LogP contribution in [-0.2, 0) is 4.79 Å². The Morgan fingerprint density at radius 1 is 1.36 bits per heavy atom. The summed E-state index contributed by atoms with van der Waals surface area (Å²) in [4.78, 5) is 10.9. The second-order valence-electron chi connectivity index (χ2n) is 5.46. The van der Waals surface area contributed by atoms with E-state index >= 15 is 0 Å². The monoisotopic (exact) mass is 201 g/mol. The summed E-state index contributed by atoms with van der Waals surface area (Å²) in [5.41, 5.74) is 0.0486. The zero-order valence-electron chi connectivity index (χ0n) is 9.92. The summed E-state index contributed by atoms with van der Waals surface area (Å²) in [5.74, 6) is -0.266. The minimum Gasteiger partial charge on any atom is -0.480 e. The number of carboxylic acid groups (broad SMARTS) is 1. The van der Waals surface area contributed by atoms with Crippen LogP contribution in [0.2, 0.25) is 0 Å². The lowest BCUT2D eigenvalue weighted by molar-refractivity contribution is -0.140.